The second-order valence-electron chi connectivity index (χ2n) is 4.75. The fraction of sp³-hybridized carbons (Fsp3) is 0.385. The lowest BCUT2D eigenvalue weighted by Crippen LogP contribution is -2.42. The van der Waals surface area contributed by atoms with Crippen molar-refractivity contribution >= 4 is 21.8 Å². The van der Waals surface area contributed by atoms with Crippen molar-refractivity contribution in [3.63, 3.8) is 0 Å². The van der Waals surface area contributed by atoms with Gasteiger partial charge in [-0.1, -0.05) is 12.1 Å². The molecule has 1 rings (SSSR count). The van der Waals surface area contributed by atoms with Gasteiger partial charge in [-0.15, -0.1) is 0 Å². The van der Waals surface area contributed by atoms with Gasteiger partial charge in [-0.05, 0) is 31.0 Å². The van der Waals surface area contributed by atoms with E-state index in [0.29, 0.717) is 6.42 Å². The quantitative estimate of drug-likeness (QED) is 0.470. The molecule has 0 heterocycles. The first-order valence-electron chi connectivity index (χ1n) is 6.56. The van der Waals surface area contributed by atoms with Gasteiger partial charge in [0.05, 0.1) is 11.0 Å². The number of carbonyl (C=O) groups excluding carboxylic acids is 2. The van der Waals surface area contributed by atoms with Gasteiger partial charge >= 0.3 is 11.8 Å². The van der Waals surface area contributed by atoms with Gasteiger partial charge in [0.15, 0.2) is 0 Å². The van der Waals surface area contributed by atoms with Crippen molar-refractivity contribution in [2.45, 2.75) is 24.3 Å². The molecule has 8 nitrogen and oxygen atoms in total. The van der Waals surface area contributed by atoms with E-state index in [2.05, 4.69) is 10.6 Å². The van der Waals surface area contributed by atoms with E-state index in [1.165, 1.54) is 19.1 Å². The third kappa shape index (κ3) is 6.20. The van der Waals surface area contributed by atoms with Crippen molar-refractivity contribution in [2.24, 2.45) is 5.14 Å². The molecule has 0 bridgehead atoms. The van der Waals surface area contributed by atoms with Crippen LogP contribution in [0.1, 0.15) is 12.5 Å². The molecule has 22 heavy (non-hydrogen) atoms. The molecule has 0 aliphatic rings. The van der Waals surface area contributed by atoms with Crippen LogP contribution in [0, 0.1) is 0 Å². The largest absolute Gasteiger partial charge is 0.392 e. The Balaban J connectivity index is 2.41. The van der Waals surface area contributed by atoms with Crippen molar-refractivity contribution < 1.29 is 23.1 Å². The summed E-state index contributed by atoms with van der Waals surface area (Å²) in [6, 6.07) is 5.92. The number of rotatable bonds is 6. The second kappa shape index (κ2) is 7.87. The zero-order valence-electron chi connectivity index (χ0n) is 12.1. The minimum Gasteiger partial charge on any atom is -0.392 e. The van der Waals surface area contributed by atoms with Gasteiger partial charge in [-0.3, -0.25) is 9.59 Å². The summed E-state index contributed by atoms with van der Waals surface area (Å²) in [6.45, 7) is 1.71. The van der Waals surface area contributed by atoms with Crippen LogP contribution in [0.15, 0.2) is 29.2 Å². The summed E-state index contributed by atoms with van der Waals surface area (Å²) < 4.78 is 22.2. The van der Waals surface area contributed by atoms with E-state index in [4.69, 9.17) is 10.2 Å². The average Bonchev–Trinajstić information content (AvgIpc) is 2.44. The standard InChI is InChI=1S/C13H19N3O5S/c1-9(17)8-16-13(19)12(18)15-7-6-10-2-4-11(5-3-10)22(14,20)21/h2-5,9,17H,6-8H2,1H3,(H,15,18)(H,16,19)(H2,14,20,21). The monoisotopic (exact) mass is 329 g/mol. The smallest absolute Gasteiger partial charge is 0.309 e. The number of nitrogens with one attached hydrogen (secondary N) is 2. The Morgan fingerprint density at radius 1 is 1.18 bits per heavy atom. The van der Waals surface area contributed by atoms with Gasteiger partial charge < -0.3 is 15.7 Å². The molecule has 1 aromatic rings. The molecule has 0 aliphatic carbocycles. The number of sulfonamides is 1. The van der Waals surface area contributed by atoms with E-state index in [1.54, 1.807) is 12.1 Å². The first kappa shape index (κ1) is 18.1. The van der Waals surface area contributed by atoms with Gasteiger partial charge in [-0.25, -0.2) is 13.6 Å². The van der Waals surface area contributed by atoms with Crippen LogP contribution in [0.2, 0.25) is 0 Å². The lowest BCUT2D eigenvalue weighted by Gasteiger charge is -2.08. The van der Waals surface area contributed by atoms with E-state index >= 15 is 0 Å². The van der Waals surface area contributed by atoms with E-state index < -0.39 is 27.9 Å². The molecule has 1 aromatic carbocycles. The van der Waals surface area contributed by atoms with Crippen LogP contribution < -0.4 is 15.8 Å². The Morgan fingerprint density at radius 3 is 2.23 bits per heavy atom. The van der Waals surface area contributed by atoms with Gasteiger partial charge in [0.25, 0.3) is 0 Å². The van der Waals surface area contributed by atoms with Crippen molar-refractivity contribution in [3.05, 3.63) is 29.8 Å². The molecule has 2 amide bonds. The molecule has 5 N–H and O–H groups in total. The summed E-state index contributed by atoms with van der Waals surface area (Å²) >= 11 is 0. The predicted octanol–water partition coefficient (Wildman–Crippen LogP) is -1.51. The number of aliphatic hydroxyl groups excluding tert-OH is 1. The molecule has 0 saturated heterocycles. The van der Waals surface area contributed by atoms with Crippen molar-refractivity contribution in [3.8, 4) is 0 Å². The SMILES string of the molecule is CC(O)CNC(=O)C(=O)NCCc1ccc(S(N)(=O)=O)cc1. The molecule has 1 unspecified atom stereocenters. The number of carbonyl (C=O) groups is 2. The highest BCUT2D eigenvalue weighted by Gasteiger charge is 2.13. The number of nitrogens with two attached hydrogens (primary N) is 1. The molecule has 0 radical (unpaired) electrons. The number of primary sulfonamides is 1. The van der Waals surface area contributed by atoms with Crippen LogP contribution in [0.25, 0.3) is 0 Å². The molecule has 0 fully saturated rings. The van der Waals surface area contributed by atoms with Crippen molar-refractivity contribution in [1.29, 1.82) is 0 Å². The maximum absolute atomic E-state index is 11.4. The van der Waals surface area contributed by atoms with Crippen molar-refractivity contribution in [2.75, 3.05) is 13.1 Å². The zero-order valence-corrected chi connectivity index (χ0v) is 12.9. The van der Waals surface area contributed by atoms with Crippen LogP contribution in [0.5, 0.6) is 0 Å². The van der Waals surface area contributed by atoms with Crippen molar-refractivity contribution in [1.82, 2.24) is 10.6 Å². The second-order valence-corrected chi connectivity index (χ2v) is 6.32. The summed E-state index contributed by atoms with van der Waals surface area (Å²) in [5, 5.41) is 18.7. The Morgan fingerprint density at radius 2 is 1.73 bits per heavy atom. The predicted molar refractivity (Wildman–Crippen MR) is 79.2 cm³/mol. The first-order valence-corrected chi connectivity index (χ1v) is 8.10. The summed E-state index contributed by atoms with van der Waals surface area (Å²) in [6.07, 6.45) is -0.297. The van der Waals surface area contributed by atoms with Crippen LogP contribution >= 0.6 is 0 Å². The van der Waals surface area contributed by atoms with E-state index in [1.807, 2.05) is 0 Å². The first-order chi connectivity index (χ1) is 10.2. The summed E-state index contributed by atoms with van der Waals surface area (Å²) in [5.41, 5.74) is 0.789. The highest BCUT2D eigenvalue weighted by molar-refractivity contribution is 7.89. The van der Waals surface area contributed by atoms with E-state index in [9.17, 15) is 18.0 Å². The molecular weight excluding hydrogens is 310 g/mol. The number of aliphatic hydroxyl groups is 1. The van der Waals surface area contributed by atoms with Crippen LogP contribution in [0.3, 0.4) is 0 Å². The maximum Gasteiger partial charge on any atom is 0.309 e. The molecule has 0 saturated carbocycles. The van der Waals surface area contributed by atoms with Gasteiger partial charge in [0.1, 0.15) is 0 Å². The minimum atomic E-state index is -3.72. The van der Waals surface area contributed by atoms with Crippen LogP contribution in [-0.2, 0) is 26.0 Å². The van der Waals surface area contributed by atoms with Crippen LogP contribution in [0.4, 0.5) is 0 Å². The number of amides is 2. The third-order valence-electron chi connectivity index (χ3n) is 2.72. The fourth-order valence-corrected chi connectivity index (χ4v) is 2.08. The lowest BCUT2D eigenvalue weighted by atomic mass is 10.1. The highest BCUT2D eigenvalue weighted by atomic mass is 32.2. The fourth-order valence-electron chi connectivity index (χ4n) is 1.57. The van der Waals surface area contributed by atoms with Crippen LogP contribution in [-0.4, -0.2) is 44.5 Å². The van der Waals surface area contributed by atoms with Gasteiger partial charge in [0.2, 0.25) is 10.0 Å². The number of benzene rings is 1. The lowest BCUT2D eigenvalue weighted by molar-refractivity contribution is -0.139. The third-order valence-corrected chi connectivity index (χ3v) is 3.64. The highest BCUT2D eigenvalue weighted by Crippen LogP contribution is 2.08. The Kier molecular flexibility index (Phi) is 6.47. The molecule has 0 spiro atoms. The Hall–Kier alpha value is -1.97. The average molecular weight is 329 g/mol. The molecule has 9 heteroatoms. The molecule has 0 aliphatic heterocycles. The topological polar surface area (TPSA) is 139 Å². The zero-order chi connectivity index (χ0) is 16.8. The Bertz CT molecular complexity index is 626. The maximum atomic E-state index is 11.4. The minimum absolute atomic E-state index is 0.00127. The van der Waals surface area contributed by atoms with E-state index in [0.717, 1.165) is 5.56 Å². The normalized spacial score (nSPS) is 12.5. The molecule has 1 atom stereocenters. The summed E-state index contributed by atoms with van der Waals surface area (Å²) in [5.74, 6) is -1.60. The summed E-state index contributed by atoms with van der Waals surface area (Å²) in [7, 11) is -3.72. The number of hydrogen-bond acceptors (Lipinski definition) is 5. The number of hydrogen-bond donors (Lipinski definition) is 4. The summed E-state index contributed by atoms with van der Waals surface area (Å²) in [4.78, 5) is 22.8. The molecule has 0 aromatic heterocycles. The van der Waals surface area contributed by atoms with Gasteiger partial charge in [0, 0.05) is 13.1 Å². The van der Waals surface area contributed by atoms with E-state index in [-0.39, 0.29) is 18.0 Å². The molecule has 122 valence electrons. The van der Waals surface area contributed by atoms with Gasteiger partial charge in [-0.2, -0.15) is 0 Å². The Labute approximate surface area is 128 Å². The molecular formula is C13H19N3O5S.